The molecule has 0 fully saturated rings. The Kier molecular flexibility index (Phi) is 5.23. The van der Waals surface area contributed by atoms with Crippen LogP contribution in [-0.2, 0) is 0 Å². The van der Waals surface area contributed by atoms with Crippen molar-refractivity contribution < 1.29 is 4.74 Å². The van der Waals surface area contributed by atoms with E-state index in [1.54, 1.807) is 0 Å². The van der Waals surface area contributed by atoms with Gasteiger partial charge in [0.2, 0.25) is 0 Å². The van der Waals surface area contributed by atoms with Gasteiger partial charge in [0, 0.05) is 12.2 Å². The molecule has 0 aromatic heterocycles. The molecule has 3 nitrogen and oxygen atoms in total. The normalized spacial score (nSPS) is 12.2. The number of aryl methyl sites for hydroxylation is 1. The van der Waals surface area contributed by atoms with Crippen molar-refractivity contribution in [2.75, 3.05) is 11.9 Å². The maximum Gasteiger partial charge on any atom is 0.120 e. The van der Waals surface area contributed by atoms with Crippen LogP contribution in [0.5, 0.6) is 5.75 Å². The van der Waals surface area contributed by atoms with Crippen LogP contribution in [0.15, 0.2) is 48.5 Å². The Labute approximate surface area is 127 Å². The summed E-state index contributed by atoms with van der Waals surface area (Å²) in [5.41, 5.74) is 9.39. The zero-order chi connectivity index (χ0) is 15.2. The van der Waals surface area contributed by atoms with Gasteiger partial charge in [-0.2, -0.15) is 0 Å². The first kappa shape index (κ1) is 15.4. The van der Waals surface area contributed by atoms with Gasteiger partial charge < -0.3 is 15.8 Å². The van der Waals surface area contributed by atoms with Crippen LogP contribution < -0.4 is 15.8 Å². The Morgan fingerprint density at radius 2 is 1.86 bits per heavy atom. The lowest BCUT2D eigenvalue weighted by Crippen LogP contribution is -2.20. The van der Waals surface area contributed by atoms with Gasteiger partial charge in [0.15, 0.2) is 0 Å². The molecular formula is C18H24N2O. The highest BCUT2D eigenvalue weighted by Gasteiger charge is 2.11. The number of anilines is 1. The third-order valence-electron chi connectivity index (χ3n) is 3.23. The van der Waals surface area contributed by atoms with Crippen molar-refractivity contribution in [2.45, 2.75) is 32.9 Å². The molecule has 112 valence electrons. The molecule has 2 aromatic carbocycles. The van der Waals surface area contributed by atoms with Gasteiger partial charge in [-0.25, -0.2) is 0 Å². The summed E-state index contributed by atoms with van der Waals surface area (Å²) < 4.78 is 5.75. The first-order valence-corrected chi connectivity index (χ1v) is 7.38. The lowest BCUT2D eigenvalue weighted by atomic mass is 10.1. The lowest BCUT2D eigenvalue weighted by Gasteiger charge is -2.20. The second kappa shape index (κ2) is 7.14. The van der Waals surface area contributed by atoms with E-state index in [0.29, 0.717) is 6.54 Å². The molecular weight excluding hydrogens is 260 g/mol. The third kappa shape index (κ3) is 4.50. The zero-order valence-electron chi connectivity index (χ0n) is 13.0. The summed E-state index contributed by atoms with van der Waals surface area (Å²) in [7, 11) is 0. The molecule has 1 unspecified atom stereocenters. The highest BCUT2D eigenvalue weighted by molar-refractivity contribution is 5.48. The summed E-state index contributed by atoms with van der Waals surface area (Å²) >= 11 is 0. The minimum atomic E-state index is 0.0718. The molecule has 3 heteroatoms. The van der Waals surface area contributed by atoms with Crippen LogP contribution in [0.2, 0.25) is 0 Å². The molecule has 0 radical (unpaired) electrons. The summed E-state index contributed by atoms with van der Waals surface area (Å²) in [6.07, 6.45) is 0.168. The second-order valence-corrected chi connectivity index (χ2v) is 5.54. The highest BCUT2D eigenvalue weighted by Crippen LogP contribution is 2.23. The number of rotatable bonds is 6. The number of nitrogens with one attached hydrogen (secondary N) is 1. The van der Waals surface area contributed by atoms with E-state index < -0.39 is 0 Å². The average molecular weight is 284 g/mol. The van der Waals surface area contributed by atoms with E-state index in [4.69, 9.17) is 10.5 Å². The summed E-state index contributed by atoms with van der Waals surface area (Å²) in [6, 6.07) is 16.5. The third-order valence-corrected chi connectivity index (χ3v) is 3.23. The smallest absolute Gasteiger partial charge is 0.120 e. The average Bonchev–Trinajstić information content (AvgIpc) is 2.44. The van der Waals surface area contributed by atoms with Crippen molar-refractivity contribution in [1.82, 2.24) is 0 Å². The molecule has 1 atom stereocenters. The number of nitrogens with two attached hydrogens (primary N) is 1. The van der Waals surface area contributed by atoms with Crippen LogP contribution in [-0.4, -0.2) is 12.6 Å². The Bertz CT molecular complexity index is 581. The van der Waals surface area contributed by atoms with Gasteiger partial charge in [-0.1, -0.05) is 24.3 Å². The number of ether oxygens (including phenoxy) is 1. The Morgan fingerprint density at radius 3 is 2.52 bits per heavy atom. The van der Waals surface area contributed by atoms with Gasteiger partial charge in [0.1, 0.15) is 5.75 Å². The van der Waals surface area contributed by atoms with E-state index >= 15 is 0 Å². The van der Waals surface area contributed by atoms with Crippen molar-refractivity contribution >= 4 is 5.69 Å². The van der Waals surface area contributed by atoms with Crippen molar-refractivity contribution in [1.29, 1.82) is 0 Å². The Hall–Kier alpha value is -2.00. The molecule has 0 bridgehead atoms. The lowest BCUT2D eigenvalue weighted by molar-refractivity contribution is 0.242. The summed E-state index contributed by atoms with van der Waals surface area (Å²) in [5.74, 6) is 0.881. The predicted octanol–water partition coefficient (Wildman–Crippen LogP) is 3.89. The standard InChI is InChI=1S/C18H24N2O/c1-13(2)21-17-9-5-7-15(11-17)18(12-19)20-16-8-4-6-14(3)10-16/h4-11,13,18,20H,12,19H2,1-3H3. The zero-order valence-corrected chi connectivity index (χ0v) is 13.0. The van der Waals surface area contributed by atoms with E-state index in [9.17, 15) is 0 Å². The van der Waals surface area contributed by atoms with Crippen LogP contribution >= 0.6 is 0 Å². The number of hydrogen-bond donors (Lipinski definition) is 2. The van der Waals surface area contributed by atoms with E-state index in [-0.39, 0.29) is 12.1 Å². The van der Waals surface area contributed by atoms with E-state index in [2.05, 4.69) is 42.6 Å². The fourth-order valence-electron chi connectivity index (χ4n) is 2.29. The number of hydrogen-bond acceptors (Lipinski definition) is 3. The summed E-state index contributed by atoms with van der Waals surface area (Å²) in [4.78, 5) is 0. The van der Waals surface area contributed by atoms with E-state index in [1.807, 2.05) is 32.0 Å². The fourth-order valence-corrected chi connectivity index (χ4v) is 2.29. The molecule has 3 N–H and O–H groups in total. The molecule has 0 saturated carbocycles. The van der Waals surface area contributed by atoms with Crippen LogP contribution in [0.25, 0.3) is 0 Å². The molecule has 0 aliphatic carbocycles. The van der Waals surface area contributed by atoms with Gasteiger partial charge in [0.05, 0.1) is 12.1 Å². The molecule has 0 saturated heterocycles. The predicted molar refractivity (Wildman–Crippen MR) is 88.8 cm³/mol. The molecule has 0 aliphatic rings. The monoisotopic (exact) mass is 284 g/mol. The van der Waals surface area contributed by atoms with Crippen molar-refractivity contribution in [3.05, 3.63) is 59.7 Å². The van der Waals surface area contributed by atoms with Gasteiger partial charge in [0.25, 0.3) is 0 Å². The minimum Gasteiger partial charge on any atom is -0.491 e. The number of benzene rings is 2. The maximum atomic E-state index is 5.94. The van der Waals surface area contributed by atoms with Crippen molar-refractivity contribution in [2.24, 2.45) is 5.73 Å². The SMILES string of the molecule is Cc1cccc(NC(CN)c2cccc(OC(C)C)c2)c1. The van der Waals surface area contributed by atoms with Gasteiger partial charge in [-0.15, -0.1) is 0 Å². The highest BCUT2D eigenvalue weighted by atomic mass is 16.5. The fraction of sp³-hybridized carbons (Fsp3) is 0.333. The van der Waals surface area contributed by atoms with E-state index in [0.717, 1.165) is 17.0 Å². The first-order chi connectivity index (χ1) is 10.1. The van der Waals surface area contributed by atoms with Crippen molar-refractivity contribution in [3.63, 3.8) is 0 Å². The minimum absolute atomic E-state index is 0.0718. The van der Waals surface area contributed by atoms with Crippen molar-refractivity contribution in [3.8, 4) is 5.75 Å². The maximum absolute atomic E-state index is 5.94. The summed E-state index contributed by atoms with van der Waals surface area (Å²) in [5, 5.41) is 3.49. The van der Waals surface area contributed by atoms with E-state index in [1.165, 1.54) is 5.56 Å². The summed E-state index contributed by atoms with van der Waals surface area (Å²) in [6.45, 7) is 6.66. The molecule has 2 aromatic rings. The molecule has 0 amide bonds. The first-order valence-electron chi connectivity index (χ1n) is 7.38. The Morgan fingerprint density at radius 1 is 1.10 bits per heavy atom. The largest absolute Gasteiger partial charge is 0.491 e. The van der Waals surface area contributed by atoms with Crippen LogP contribution in [0.1, 0.15) is 31.0 Å². The topological polar surface area (TPSA) is 47.3 Å². The van der Waals surface area contributed by atoms with Gasteiger partial charge in [-0.05, 0) is 56.2 Å². The van der Waals surface area contributed by atoms with Crippen LogP contribution in [0.4, 0.5) is 5.69 Å². The molecule has 0 spiro atoms. The molecule has 2 rings (SSSR count). The molecule has 0 aliphatic heterocycles. The molecule has 21 heavy (non-hydrogen) atoms. The Balaban J connectivity index is 2.17. The van der Waals surface area contributed by atoms with Crippen LogP contribution in [0.3, 0.4) is 0 Å². The molecule has 0 heterocycles. The second-order valence-electron chi connectivity index (χ2n) is 5.54. The van der Waals surface area contributed by atoms with Crippen LogP contribution in [0, 0.1) is 6.92 Å². The van der Waals surface area contributed by atoms with Gasteiger partial charge >= 0.3 is 0 Å². The quantitative estimate of drug-likeness (QED) is 0.846. The van der Waals surface area contributed by atoms with Gasteiger partial charge in [-0.3, -0.25) is 0 Å².